The van der Waals surface area contributed by atoms with Crippen molar-refractivity contribution in [1.82, 2.24) is 14.6 Å². The van der Waals surface area contributed by atoms with E-state index in [0.717, 1.165) is 28.3 Å². The lowest BCUT2D eigenvalue weighted by Crippen LogP contribution is -1.98. The molecule has 7 nitrogen and oxygen atoms in total. The van der Waals surface area contributed by atoms with E-state index < -0.39 is 0 Å². The van der Waals surface area contributed by atoms with Gasteiger partial charge in [-0.15, -0.1) is 10.2 Å². The van der Waals surface area contributed by atoms with E-state index in [1.165, 1.54) is 0 Å². The number of hydrogen-bond acceptors (Lipinski definition) is 6. The molecule has 5 rings (SSSR count). The topological polar surface area (TPSA) is 90.2 Å². The van der Waals surface area contributed by atoms with E-state index in [2.05, 4.69) is 15.3 Å². The highest BCUT2D eigenvalue weighted by molar-refractivity contribution is 5.81. The number of nitrogens with two attached hydrogens (primary N) is 1. The minimum atomic E-state index is 0.263. The zero-order valence-corrected chi connectivity index (χ0v) is 18.1. The lowest BCUT2D eigenvalue weighted by Gasteiger charge is -2.08. The first kappa shape index (κ1) is 20.4. The highest BCUT2D eigenvalue weighted by Gasteiger charge is 2.17. The fraction of sp³-hybridized carbons (Fsp3) is 0.0769. The molecule has 0 saturated heterocycles. The van der Waals surface area contributed by atoms with Crippen molar-refractivity contribution in [3.63, 3.8) is 0 Å². The van der Waals surface area contributed by atoms with Crippen LogP contribution >= 0.6 is 0 Å². The van der Waals surface area contributed by atoms with E-state index in [1.54, 1.807) is 4.52 Å². The van der Waals surface area contributed by atoms with Crippen LogP contribution in [0.5, 0.6) is 5.75 Å². The molecule has 33 heavy (non-hydrogen) atoms. The SMILES string of the molecule is CCOc1ccc(N=Nc2c(N)nn3c(-c4ccccc4)cc(-c4ccccc4)nc23)cc1. The van der Waals surface area contributed by atoms with E-state index in [4.69, 9.17) is 15.5 Å². The molecule has 2 heterocycles. The Morgan fingerprint density at radius 2 is 1.52 bits per heavy atom. The van der Waals surface area contributed by atoms with Crippen molar-refractivity contribution in [3.05, 3.63) is 91.0 Å². The maximum absolute atomic E-state index is 6.27. The van der Waals surface area contributed by atoms with Gasteiger partial charge in [-0.2, -0.15) is 5.11 Å². The average molecular weight is 435 g/mol. The van der Waals surface area contributed by atoms with Gasteiger partial charge in [0, 0.05) is 11.1 Å². The molecule has 2 N–H and O–H groups in total. The molecule has 2 aromatic heterocycles. The van der Waals surface area contributed by atoms with Gasteiger partial charge in [-0.25, -0.2) is 9.50 Å². The molecule has 0 radical (unpaired) electrons. The second-order valence-corrected chi connectivity index (χ2v) is 7.35. The summed E-state index contributed by atoms with van der Waals surface area (Å²) in [5.74, 6) is 1.05. The monoisotopic (exact) mass is 434 g/mol. The number of anilines is 1. The van der Waals surface area contributed by atoms with Crippen molar-refractivity contribution < 1.29 is 4.74 Å². The Hall–Kier alpha value is -4.52. The van der Waals surface area contributed by atoms with Crippen LogP contribution < -0.4 is 10.5 Å². The fourth-order valence-corrected chi connectivity index (χ4v) is 3.57. The molecule has 0 aliphatic rings. The van der Waals surface area contributed by atoms with Gasteiger partial charge in [0.1, 0.15) is 5.75 Å². The number of rotatable bonds is 6. The number of nitrogen functional groups attached to an aromatic ring is 1. The Kier molecular flexibility index (Phi) is 5.51. The zero-order valence-electron chi connectivity index (χ0n) is 18.1. The lowest BCUT2D eigenvalue weighted by atomic mass is 10.1. The van der Waals surface area contributed by atoms with Crippen LogP contribution in [0, 0.1) is 0 Å². The number of fused-ring (bicyclic) bond motifs is 1. The summed E-state index contributed by atoms with van der Waals surface area (Å²) in [6, 6.07) is 29.4. The Morgan fingerprint density at radius 1 is 0.848 bits per heavy atom. The number of benzene rings is 3. The third kappa shape index (κ3) is 4.16. The van der Waals surface area contributed by atoms with Crippen molar-refractivity contribution in [2.45, 2.75) is 6.92 Å². The Bertz CT molecular complexity index is 1410. The molecule has 0 aliphatic carbocycles. The molecule has 0 saturated carbocycles. The third-order valence-electron chi connectivity index (χ3n) is 5.14. The molecule has 7 heteroatoms. The van der Waals surface area contributed by atoms with Crippen LogP contribution in [0.4, 0.5) is 17.2 Å². The highest BCUT2D eigenvalue weighted by Crippen LogP contribution is 2.34. The minimum absolute atomic E-state index is 0.263. The molecule has 162 valence electrons. The fourth-order valence-electron chi connectivity index (χ4n) is 3.57. The third-order valence-corrected chi connectivity index (χ3v) is 5.14. The van der Waals surface area contributed by atoms with Crippen LogP contribution in [0.3, 0.4) is 0 Å². The minimum Gasteiger partial charge on any atom is -0.494 e. The van der Waals surface area contributed by atoms with Gasteiger partial charge >= 0.3 is 0 Å². The number of aromatic nitrogens is 3. The molecule has 0 fully saturated rings. The summed E-state index contributed by atoms with van der Waals surface area (Å²) in [5, 5.41) is 13.3. The van der Waals surface area contributed by atoms with E-state index in [9.17, 15) is 0 Å². The van der Waals surface area contributed by atoms with Crippen LogP contribution in [0.25, 0.3) is 28.2 Å². The number of ether oxygens (including phenoxy) is 1. The quantitative estimate of drug-likeness (QED) is 0.311. The number of nitrogens with zero attached hydrogens (tertiary/aromatic N) is 5. The van der Waals surface area contributed by atoms with Crippen LogP contribution in [-0.2, 0) is 0 Å². The van der Waals surface area contributed by atoms with Crippen LogP contribution in [0.1, 0.15) is 6.92 Å². The molecule has 5 aromatic rings. The maximum Gasteiger partial charge on any atom is 0.186 e. The standard InChI is InChI=1S/C26H22N6O/c1-2-33-21-15-13-20(14-16-21)29-30-24-25(27)31-32-23(19-11-7-4-8-12-19)17-22(28-26(24)32)18-9-5-3-6-10-18/h3-17H,2H2,1H3,(H2,27,31). The smallest absolute Gasteiger partial charge is 0.186 e. The molecular formula is C26H22N6O. The predicted molar refractivity (Wildman–Crippen MR) is 130 cm³/mol. The molecule has 3 aromatic carbocycles. The lowest BCUT2D eigenvalue weighted by molar-refractivity contribution is 0.340. The van der Waals surface area contributed by atoms with Crippen LogP contribution in [0.2, 0.25) is 0 Å². The number of hydrogen-bond donors (Lipinski definition) is 1. The Labute approximate surface area is 191 Å². The highest BCUT2D eigenvalue weighted by atomic mass is 16.5. The summed E-state index contributed by atoms with van der Waals surface area (Å²) in [4.78, 5) is 4.85. The van der Waals surface area contributed by atoms with Crippen molar-refractivity contribution in [2.75, 3.05) is 12.3 Å². The molecule has 0 unspecified atom stereocenters. The zero-order chi connectivity index (χ0) is 22.6. The van der Waals surface area contributed by atoms with Crippen molar-refractivity contribution in [1.29, 1.82) is 0 Å². The summed E-state index contributed by atoms with van der Waals surface area (Å²) in [5.41, 5.74) is 11.6. The van der Waals surface area contributed by atoms with E-state index >= 15 is 0 Å². The van der Waals surface area contributed by atoms with Gasteiger partial charge in [0.05, 0.1) is 23.7 Å². The summed E-state index contributed by atoms with van der Waals surface area (Å²) in [7, 11) is 0. The summed E-state index contributed by atoms with van der Waals surface area (Å²) < 4.78 is 7.21. The first-order valence-electron chi connectivity index (χ1n) is 10.7. The predicted octanol–water partition coefficient (Wildman–Crippen LogP) is 6.46. The molecule has 0 atom stereocenters. The average Bonchev–Trinajstić information content (AvgIpc) is 3.19. The van der Waals surface area contributed by atoms with Crippen LogP contribution in [-0.4, -0.2) is 21.2 Å². The number of azo groups is 1. The van der Waals surface area contributed by atoms with Crippen molar-refractivity contribution in [2.24, 2.45) is 10.2 Å². The van der Waals surface area contributed by atoms with Gasteiger partial charge in [-0.3, -0.25) is 0 Å². The maximum atomic E-state index is 6.27. The molecule has 0 aliphatic heterocycles. The normalized spacial score (nSPS) is 11.3. The van der Waals surface area contributed by atoms with Gasteiger partial charge in [-0.1, -0.05) is 60.7 Å². The van der Waals surface area contributed by atoms with Gasteiger partial charge in [-0.05, 0) is 37.3 Å². The van der Waals surface area contributed by atoms with Gasteiger partial charge in [0.2, 0.25) is 0 Å². The first-order chi connectivity index (χ1) is 16.2. The van der Waals surface area contributed by atoms with Gasteiger partial charge < -0.3 is 10.5 Å². The molecule has 0 amide bonds. The van der Waals surface area contributed by atoms with E-state index in [0.29, 0.717) is 23.6 Å². The van der Waals surface area contributed by atoms with E-state index in [-0.39, 0.29) is 5.82 Å². The largest absolute Gasteiger partial charge is 0.494 e. The summed E-state index contributed by atoms with van der Waals surface area (Å²) in [6.45, 7) is 2.56. The molecular weight excluding hydrogens is 412 g/mol. The van der Waals surface area contributed by atoms with Crippen LogP contribution in [0.15, 0.2) is 101 Å². The second-order valence-electron chi connectivity index (χ2n) is 7.35. The molecule has 0 spiro atoms. The van der Waals surface area contributed by atoms with Crippen molar-refractivity contribution >= 4 is 22.8 Å². The van der Waals surface area contributed by atoms with Crippen molar-refractivity contribution in [3.8, 4) is 28.3 Å². The summed E-state index contributed by atoms with van der Waals surface area (Å²) >= 11 is 0. The Balaban J connectivity index is 1.64. The summed E-state index contributed by atoms with van der Waals surface area (Å²) in [6.07, 6.45) is 0. The van der Waals surface area contributed by atoms with Gasteiger partial charge in [0.25, 0.3) is 0 Å². The molecule has 0 bridgehead atoms. The van der Waals surface area contributed by atoms with E-state index in [1.807, 2.05) is 97.9 Å². The second kappa shape index (κ2) is 8.92. The Morgan fingerprint density at radius 3 is 2.18 bits per heavy atom. The first-order valence-corrected chi connectivity index (χ1v) is 10.7. The van der Waals surface area contributed by atoms with Gasteiger partial charge in [0.15, 0.2) is 17.2 Å².